The number of pyridine rings is 1. The van der Waals surface area contributed by atoms with Gasteiger partial charge in [-0.25, -0.2) is 4.98 Å². The molecule has 0 saturated carbocycles. The zero-order valence-corrected chi connectivity index (χ0v) is 8.22. The molecule has 1 aliphatic rings. The Morgan fingerprint density at radius 1 is 1.33 bits per heavy atom. The van der Waals surface area contributed by atoms with Crippen LogP contribution in [-0.4, -0.2) is 11.3 Å². The molecular weight excluding hydrogens is 190 g/mol. The van der Waals surface area contributed by atoms with Crippen LogP contribution in [0.4, 0.5) is 0 Å². The van der Waals surface area contributed by atoms with E-state index in [4.69, 9.17) is 4.74 Å². The second-order valence-electron chi connectivity index (χ2n) is 3.22. The standard InChI is InChI=1S/C12H11NO2/c14-9-10-6-7-12(8-13-10)15-11-4-2-1-3-5-11/h2,4-9H,1,3H2. The Labute approximate surface area is 88.1 Å². The maximum atomic E-state index is 10.4. The Balaban J connectivity index is 2.07. The van der Waals surface area contributed by atoms with Crippen LogP contribution in [0.3, 0.4) is 0 Å². The molecule has 1 heterocycles. The van der Waals surface area contributed by atoms with E-state index in [1.54, 1.807) is 18.3 Å². The minimum atomic E-state index is 0.413. The summed E-state index contributed by atoms with van der Waals surface area (Å²) >= 11 is 0. The van der Waals surface area contributed by atoms with Gasteiger partial charge in [0.1, 0.15) is 17.2 Å². The molecule has 1 aromatic rings. The molecule has 0 aliphatic heterocycles. The van der Waals surface area contributed by atoms with Crippen LogP contribution in [0.2, 0.25) is 0 Å². The van der Waals surface area contributed by atoms with Gasteiger partial charge in [-0.15, -0.1) is 0 Å². The van der Waals surface area contributed by atoms with E-state index in [9.17, 15) is 4.79 Å². The number of hydrogen-bond acceptors (Lipinski definition) is 3. The van der Waals surface area contributed by atoms with Gasteiger partial charge in [-0.3, -0.25) is 4.79 Å². The van der Waals surface area contributed by atoms with Crippen molar-refractivity contribution in [1.29, 1.82) is 0 Å². The summed E-state index contributed by atoms with van der Waals surface area (Å²) in [6.45, 7) is 0. The van der Waals surface area contributed by atoms with Crippen molar-refractivity contribution in [2.24, 2.45) is 0 Å². The number of ether oxygens (including phenoxy) is 1. The van der Waals surface area contributed by atoms with Crippen LogP contribution < -0.4 is 4.74 Å². The van der Waals surface area contributed by atoms with Crippen LogP contribution in [0.1, 0.15) is 23.3 Å². The molecule has 0 atom stereocenters. The van der Waals surface area contributed by atoms with Gasteiger partial charge in [0.05, 0.1) is 6.20 Å². The Morgan fingerprint density at radius 3 is 2.87 bits per heavy atom. The summed E-state index contributed by atoms with van der Waals surface area (Å²) in [5.74, 6) is 1.49. The highest BCUT2D eigenvalue weighted by Gasteiger charge is 2.01. The minimum absolute atomic E-state index is 0.413. The fourth-order valence-electron chi connectivity index (χ4n) is 1.32. The Kier molecular flexibility index (Phi) is 2.93. The highest BCUT2D eigenvalue weighted by atomic mass is 16.5. The monoisotopic (exact) mass is 201 g/mol. The highest BCUT2D eigenvalue weighted by Crippen LogP contribution is 2.16. The summed E-state index contributed by atoms with van der Waals surface area (Å²) in [5, 5.41) is 0. The smallest absolute Gasteiger partial charge is 0.168 e. The number of allylic oxidation sites excluding steroid dienone is 3. The number of hydrogen-bond donors (Lipinski definition) is 0. The molecule has 0 bridgehead atoms. The average molecular weight is 201 g/mol. The van der Waals surface area contributed by atoms with Crippen LogP contribution in [0.5, 0.6) is 5.75 Å². The summed E-state index contributed by atoms with van der Waals surface area (Å²) in [4.78, 5) is 14.3. The van der Waals surface area contributed by atoms with Gasteiger partial charge in [-0.1, -0.05) is 6.08 Å². The fourth-order valence-corrected chi connectivity index (χ4v) is 1.32. The summed E-state index contributed by atoms with van der Waals surface area (Å²) in [7, 11) is 0. The minimum Gasteiger partial charge on any atom is -0.456 e. The van der Waals surface area contributed by atoms with Gasteiger partial charge in [0, 0.05) is 0 Å². The maximum Gasteiger partial charge on any atom is 0.168 e. The number of aldehydes is 1. The van der Waals surface area contributed by atoms with E-state index < -0.39 is 0 Å². The van der Waals surface area contributed by atoms with Crippen molar-refractivity contribution in [3.63, 3.8) is 0 Å². The van der Waals surface area contributed by atoms with Gasteiger partial charge in [-0.05, 0) is 37.1 Å². The molecule has 0 fully saturated rings. The first kappa shape index (κ1) is 9.65. The topological polar surface area (TPSA) is 39.2 Å². The summed E-state index contributed by atoms with van der Waals surface area (Å²) in [5.41, 5.74) is 0.413. The molecule has 0 spiro atoms. The van der Waals surface area contributed by atoms with Crippen molar-refractivity contribution < 1.29 is 9.53 Å². The fraction of sp³-hybridized carbons (Fsp3) is 0.167. The quantitative estimate of drug-likeness (QED) is 0.705. The van der Waals surface area contributed by atoms with Crippen LogP contribution in [0.15, 0.2) is 42.3 Å². The van der Waals surface area contributed by atoms with E-state index in [1.807, 2.05) is 12.2 Å². The lowest BCUT2D eigenvalue weighted by Gasteiger charge is -2.08. The molecular formula is C12H11NO2. The Morgan fingerprint density at radius 2 is 2.27 bits per heavy atom. The molecule has 2 rings (SSSR count). The SMILES string of the molecule is O=Cc1ccc(OC2=CCCC=C2)cn1. The van der Waals surface area contributed by atoms with Gasteiger partial charge in [0.2, 0.25) is 0 Å². The molecule has 0 amide bonds. The number of nitrogens with zero attached hydrogens (tertiary/aromatic N) is 1. The van der Waals surface area contributed by atoms with Crippen molar-refractivity contribution in [2.45, 2.75) is 12.8 Å². The molecule has 0 saturated heterocycles. The van der Waals surface area contributed by atoms with E-state index in [-0.39, 0.29) is 0 Å². The third-order valence-corrected chi connectivity index (χ3v) is 2.08. The molecule has 3 nitrogen and oxygen atoms in total. The Bertz CT molecular complexity index is 404. The lowest BCUT2D eigenvalue weighted by Crippen LogP contribution is -1.96. The Hall–Kier alpha value is -1.90. The maximum absolute atomic E-state index is 10.4. The number of rotatable bonds is 3. The molecule has 0 aromatic carbocycles. The van der Waals surface area contributed by atoms with Crippen LogP contribution >= 0.6 is 0 Å². The second-order valence-corrected chi connectivity index (χ2v) is 3.22. The molecule has 0 radical (unpaired) electrons. The van der Waals surface area contributed by atoms with Gasteiger partial charge in [0.25, 0.3) is 0 Å². The van der Waals surface area contributed by atoms with Crippen molar-refractivity contribution in [3.8, 4) is 5.75 Å². The van der Waals surface area contributed by atoms with Crippen LogP contribution in [0.25, 0.3) is 0 Å². The number of aromatic nitrogens is 1. The van der Waals surface area contributed by atoms with Crippen molar-refractivity contribution in [1.82, 2.24) is 4.98 Å². The van der Waals surface area contributed by atoms with E-state index in [2.05, 4.69) is 11.1 Å². The number of carbonyl (C=O) groups excluding carboxylic acids is 1. The van der Waals surface area contributed by atoms with E-state index in [1.165, 1.54) is 0 Å². The van der Waals surface area contributed by atoms with Crippen LogP contribution in [-0.2, 0) is 0 Å². The molecule has 76 valence electrons. The lowest BCUT2D eigenvalue weighted by molar-refractivity contribution is 0.111. The molecule has 3 heteroatoms. The molecule has 1 aromatic heterocycles. The predicted octanol–water partition coefficient (Wildman–Crippen LogP) is 2.51. The molecule has 15 heavy (non-hydrogen) atoms. The molecule has 0 N–H and O–H groups in total. The van der Waals surface area contributed by atoms with Crippen molar-refractivity contribution >= 4 is 6.29 Å². The first-order valence-electron chi connectivity index (χ1n) is 4.84. The molecule has 1 aliphatic carbocycles. The summed E-state index contributed by atoms with van der Waals surface area (Å²) < 4.78 is 5.55. The first-order valence-corrected chi connectivity index (χ1v) is 4.84. The second kappa shape index (κ2) is 4.55. The number of carbonyl (C=O) groups is 1. The highest BCUT2D eigenvalue weighted by molar-refractivity contribution is 5.71. The zero-order valence-electron chi connectivity index (χ0n) is 8.22. The van der Waals surface area contributed by atoms with Gasteiger partial charge < -0.3 is 4.74 Å². The predicted molar refractivity (Wildman–Crippen MR) is 56.7 cm³/mol. The summed E-state index contributed by atoms with van der Waals surface area (Å²) in [6.07, 6.45) is 10.4. The lowest BCUT2D eigenvalue weighted by atomic mass is 10.2. The summed E-state index contributed by atoms with van der Waals surface area (Å²) in [6, 6.07) is 3.37. The van der Waals surface area contributed by atoms with Gasteiger partial charge >= 0.3 is 0 Å². The average Bonchev–Trinajstić information content (AvgIpc) is 2.31. The first-order chi connectivity index (χ1) is 7.38. The van der Waals surface area contributed by atoms with Crippen molar-refractivity contribution in [3.05, 3.63) is 48.0 Å². The third-order valence-electron chi connectivity index (χ3n) is 2.08. The van der Waals surface area contributed by atoms with Gasteiger partial charge in [-0.2, -0.15) is 0 Å². The largest absolute Gasteiger partial charge is 0.456 e. The van der Waals surface area contributed by atoms with Crippen LogP contribution in [0, 0.1) is 0 Å². The van der Waals surface area contributed by atoms with Gasteiger partial charge in [0.15, 0.2) is 6.29 Å². The molecule has 0 unspecified atom stereocenters. The zero-order chi connectivity index (χ0) is 10.5. The van der Waals surface area contributed by atoms with E-state index in [0.717, 1.165) is 18.6 Å². The van der Waals surface area contributed by atoms with Crippen molar-refractivity contribution in [2.75, 3.05) is 0 Å². The third kappa shape index (κ3) is 2.53. The van der Waals surface area contributed by atoms with E-state index in [0.29, 0.717) is 17.7 Å². The normalized spacial score (nSPS) is 14.5. The van der Waals surface area contributed by atoms with E-state index >= 15 is 0 Å².